The first kappa shape index (κ1) is 15.9. The summed E-state index contributed by atoms with van der Waals surface area (Å²) < 4.78 is 4.50. The van der Waals surface area contributed by atoms with Crippen molar-refractivity contribution >= 4 is 18.4 Å². The lowest BCUT2D eigenvalue weighted by Gasteiger charge is -2.08. The average molecular weight is 258 g/mol. The van der Waals surface area contributed by atoms with Crippen molar-refractivity contribution in [1.29, 1.82) is 0 Å². The molecule has 1 aliphatic heterocycles. The lowest BCUT2D eigenvalue weighted by atomic mass is 10.2. The van der Waals surface area contributed by atoms with Crippen LogP contribution in [0.3, 0.4) is 0 Å². The number of carbonyl (C=O) groups is 1. The Morgan fingerprint density at radius 3 is 2.06 bits per heavy atom. The van der Waals surface area contributed by atoms with Crippen molar-refractivity contribution in [2.24, 2.45) is 0 Å². The first-order chi connectivity index (χ1) is 7.84. The van der Waals surface area contributed by atoms with E-state index < -0.39 is 0 Å². The molecular formula is C13H20ClNO2. The number of nitrogens with one attached hydrogen (secondary N) is 1. The number of halogens is 1. The maximum Gasteiger partial charge on any atom is 0.337 e. The van der Waals surface area contributed by atoms with Crippen LogP contribution in [0.15, 0.2) is 30.3 Å². The molecule has 2 rings (SSSR count). The minimum atomic E-state index is -0.291. The quantitative estimate of drug-likeness (QED) is 0.786. The van der Waals surface area contributed by atoms with E-state index in [1.165, 1.54) is 39.5 Å². The van der Waals surface area contributed by atoms with Crippen molar-refractivity contribution in [3.8, 4) is 0 Å². The maximum atomic E-state index is 10.8. The molecule has 0 spiro atoms. The van der Waals surface area contributed by atoms with Crippen LogP contribution in [-0.4, -0.2) is 26.2 Å². The molecule has 0 bridgehead atoms. The van der Waals surface area contributed by atoms with Crippen LogP contribution in [0, 0.1) is 0 Å². The summed E-state index contributed by atoms with van der Waals surface area (Å²) >= 11 is 0. The van der Waals surface area contributed by atoms with E-state index in [4.69, 9.17) is 0 Å². The van der Waals surface area contributed by atoms with Gasteiger partial charge in [0, 0.05) is 0 Å². The topological polar surface area (TPSA) is 38.3 Å². The van der Waals surface area contributed by atoms with Gasteiger partial charge in [-0.2, -0.15) is 0 Å². The van der Waals surface area contributed by atoms with Gasteiger partial charge in [-0.3, -0.25) is 0 Å². The summed E-state index contributed by atoms with van der Waals surface area (Å²) in [5, 5.41) is 3.28. The van der Waals surface area contributed by atoms with Gasteiger partial charge in [-0.05, 0) is 38.1 Å². The van der Waals surface area contributed by atoms with Crippen molar-refractivity contribution in [1.82, 2.24) is 5.32 Å². The number of benzene rings is 1. The van der Waals surface area contributed by atoms with E-state index in [2.05, 4.69) is 10.1 Å². The number of hydrogen-bond donors (Lipinski definition) is 1. The molecule has 1 saturated heterocycles. The summed E-state index contributed by atoms with van der Waals surface area (Å²) in [7, 11) is 1.37. The van der Waals surface area contributed by atoms with Crippen LogP contribution in [-0.2, 0) is 4.74 Å². The molecule has 1 fully saturated rings. The Hall–Kier alpha value is -1.06. The summed E-state index contributed by atoms with van der Waals surface area (Å²) in [6, 6.07) is 8.88. The van der Waals surface area contributed by atoms with Gasteiger partial charge in [0.2, 0.25) is 0 Å². The van der Waals surface area contributed by atoms with Crippen LogP contribution in [0.1, 0.15) is 29.6 Å². The van der Waals surface area contributed by atoms with Gasteiger partial charge < -0.3 is 10.1 Å². The van der Waals surface area contributed by atoms with Gasteiger partial charge in [-0.15, -0.1) is 12.4 Å². The number of hydrogen-bond acceptors (Lipinski definition) is 3. The molecule has 3 nitrogen and oxygen atoms in total. The Labute approximate surface area is 109 Å². The smallest absolute Gasteiger partial charge is 0.337 e. The Kier molecular flexibility index (Phi) is 9.49. The van der Waals surface area contributed by atoms with Crippen molar-refractivity contribution in [3.63, 3.8) is 0 Å². The number of esters is 1. The molecule has 96 valence electrons. The van der Waals surface area contributed by atoms with Crippen LogP contribution in [0.5, 0.6) is 0 Å². The van der Waals surface area contributed by atoms with E-state index >= 15 is 0 Å². The van der Waals surface area contributed by atoms with E-state index in [-0.39, 0.29) is 18.4 Å². The molecule has 4 heteroatoms. The lowest BCUT2D eigenvalue weighted by Crippen LogP contribution is -2.21. The zero-order valence-electron chi connectivity index (χ0n) is 10.1. The highest BCUT2D eigenvalue weighted by molar-refractivity contribution is 5.89. The SMILES string of the molecule is C1CCNCC1.COC(=O)c1ccccc1.Cl. The van der Waals surface area contributed by atoms with Crippen LogP contribution in [0.25, 0.3) is 0 Å². The number of rotatable bonds is 1. The Bertz CT molecular complexity index is 288. The van der Waals surface area contributed by atoms with Crippen molar-refractivity contribution < 1.29 is 9.53 Å². The van der Waals surface area contributed by atoms with Crippen LogP contribution in [0.4, 0.5) is 0 Å². The van der Waals surface area contributed by atoms with Crippen molar-refractivity contribution in [3.05, 3.63) is 35.9 Å². The van der Waals surface area contributed by atoms with Crippen molar-refractivity contribution in [2.45, 2.75) is 19.3 Å². The van der Waals surface area contributed by atoms with Gasteiger partial charge in [0.05, 0.1) is 12.7 Å². The zero-order valence-corrected chi connectivity index (χ0v) is 11.0. The van der Waals surface area contributed by atoms with Crippen LogP contribution in [0.2, 0.25) is 0 Å². The highest BCUT2D eigenvalue weighted by Gasteiger charge is 2.00. The number of carbonyl (C=O) groups excluding carboxylic acids is 1. The van der Waals surface area contributed by atoms with E-state index in [1.807, 2.05) is 6.07 Å². The molecule has 1 heterocycles. The second-order valence-corrected chi connectivity index (χ2v) is 3.67. The molecule has 0 saturated carbocycles. The Balaban J connectivity index is 0.000000316. The fraction of sp³-hybridized carbons (Fsp3) is 0.462. The molecule has 0 atom stereocenters. The second-order valence-electron chi connectivity index (χ2n) is 3.67. The predicted molar refractivity (Wildman–Crippen MR) is 71.8 cm³/mol. The van der Waals surface area contributed by atoms with Gasteiger partial charge in [-0.1, -0.05) is 24.6 Å². The number of piperidine rings is 1. The molecule has 0 amide bonds. The molecule has 1 N–H and O–H groups in total. The van der Waals surface area contributed by atoms with Gasteiger partial charge in [0.15, 0.2) is 0 Å². The largest absolute Gasteiger partial charge is 0.465 e. The average Bonchev–Trinajstić information content (AvgIpc) is 2.41. The third kappa shape index (κ3) is 6.97. The fourth-order valence-electron chi connectivity index (χ4n) is 1.49. The highest BCUT2D eigenvalue weighted by atomic mass is 35.5. The zero-order chi connectivity index (χ0) is 11.6. The number of methoxy groups -OCH3 is 1. The molecule has 1 aromatic carbocycles. The van der Waals surface area contributed by atoms with Gasteiger partial charge in [-0.25, -0.2) is 4.79 Å². The summed E-state index contributed by atoms with van der Waals surface area (Å²) in [6.45, 7) is 2.50. The monoisotopic (exact) mass is 257 g/mol. The fourth-order valence-corrected chi connectivity index (χ4v) is 1.49. The second kappa shape index (κ2) is 10.1. The Morgan fingerprint density at radius 1 is 1.12 bits per heavy atom. The van der Waals surface area contributed by atoms with E-state index in [0.29, 0.717) is 5.56 Å². The Morgan fingerprint density at radius 2 is 1.71 bits per heavy atom. The molecule has 1 aliphatic rings. The normalized spacial score (nSPS) is 13.7. The third-order valence-corrected chi connectivity index (χ3v) is 2.40. The van der Waals surface area contributed by atoms with E-state index in [9.17, 15) is 4.79 Å². The third-order valence-electron chi connectivity index (χ3n) is 2.40. The summed E-state index contributed by atoms with van der Waals surface area (Å²) in [5.74, 6) is -0.291. The molecule has 0 unspecified atom stereocenters. The maximum absolute atomic E-state index is 10.8. The predicted octanol–water partition coefficient (Wildman–Crippen LogP) is 2.65. The first-order valence-corrected chi connectivity index (χ1v) is 5.68. The molecule has 0 radical (unpaired) electrons. The molecular weight excluding hydrogens is 238 g/mol. The van der Waals surface area contributed by atoms with Crippen LogP contribution >= 0.6 is 12.4 Å². The van der Waals surface area contributed by atoms with E-state index in [1.54, 1.807) is 24.3 Å². The highest BCUT2D eigenvalue weighted by Crippen LogP contribution is 1.99. The minimum Gasteiger partial charge on any atom is -0.465 e. The summed E-state index contributed by atoms with van der Waals surface area (Å²) in [4.78, 5) is 10.8. The lowest BCUT2D eigenvalue weighted by molar-refractivity contribution is 0.0601. The minimum absolute atomic E-state index is 0. The van der Waals surface area contributed by atoms with E-state index in [0.717, 1.165) is 0 Å². The van der Waals surface area contributed by atoms with Crippen molar-refractivity contribution in [2.75, 3.05) is 20.2 Å². The number of ether oxygens (including phenoxy) is 1. The first-order valence-electron chi connectivity index (χ1n) is 5.68. The van der Waals surface area contributed by atoms with Gasteiger partial charge in [0.25, 0.3) is 0 Å². The molecule has 0 aliphatic carbocycles. The van der Waals surface area contributed by atoms with Gasteiger partial charge in [0.1, 0.15) is 0 Å². The summed E-state index contributed by atoms with van der Waals surface area (Å²) in [6.07, 6.45) is 4.22. The molecule has 0 aromatic heterocycles. The standard InChI is InChI=1S/C8H8O2.C5H11N.ClH/c1-10-8(9)7-5-3-2-4-6-7;1-2-4-6-5-3-1;/h2-6H,1H3;6H,1-5H2;1H. The summed E-state index contributed by atoms with van der Waals surface area (Å²) in [5.41, 5.74) is 0.588. The van der Waals surface area contributed by atoms with Crippen LogP contribution < -0.4 is 5.32 Å². The van der Waals surface area contributed by atoms with Gasteiger partial charge >= 0.3 is 5.97 Å². The molecule has 1 aromatic rings. The molecule has 17 heavy (non-hydrogen) atoms.